The van der Waals surface area contributed by atoms with E-state index >= 15 is 0 Å². The molecule has 1 saturated heterocycles. The number of hydrogen-bond acceptors (Lipinski definition) is 4. The normalized spacial score (nSPS) is 26.7. The van der Waals surface area contributed by atoms with Gasteiger partial charge in [-0.2, -0.15) is 0 Å². The molecule has 2 fully saturated rings. The lowest BCUT2D eigenvalue weighted by atomic mass is 9.82. The number of ketones is 1. The van der Waals surface area contributed by atoms with Gasteiger partial charge < -0.3 is 4.74 Å². The third-order valence-corrected chi connectivity index (χ3v) is 6.74. The number of carbonyl (C=O) groups is 3. The number of anilines is 1. The summed E-state index contributed by atoms with van der Waals surface area (Å²) in [7, 11) is 0. The van der Waals surface area contributed by atoms with Crippen molar-refractivity contribution in [3.8, 4) is 5.75 Å². The summed E-state index contributed by atoms with van der Waals surface area (Å²) in [6.07, 6.45) is 3.06. The summed E-state index contributed by atoms with van der Waals surface area (Å²) < 4.78 is 5.65. The van der Waals surface area contributed by atoms with E-state index in [-0.39, 0.29) is 47.9 Å². The monoisotopic (exact) mass is 421 g/mol. The molecule has 2 aromatic carbocycles. The molecule has 2 aliphatic carbocycles. The van der Waals surface area contributed by atoms with E-state index in [1.165, 1.54) is 10.5 Å². The van der Waals surface area contributed by atoms with E-state index < -0.39 is 0 Å². The summed E-state index contributed by atoms with van der Waals surface area (Å²) in [6.45, 7) is 1.90. The van der Waals surface area contributed by atoms with Gasteiger partial charge >= 0.3 is 0 Å². The van der Waals surface area contributed by atoms with Crippen LogP contribution in [0.4, 0.5) is 5.69 Å². The van der Waals surface area contributed by atoms with Crippen molar-refractivity contribution < 1.29 is 19.1 Å². The Morgan fingerprint density at radius 2 is 1.83 bits per heavy atom. The van der Waals surface area contributed by atoms with Crippen LogP contribution in [0.15, 0.2) is 60.2 Å². The average molecular weight is 422 g/mol. The molecule has 4 atom stereocenters. The van der Waals surface area contributed by atoms with Crippen molar-refractivity contribution in [2.75, 3.05) is 11.5 Å². The van der Waals surface area contributed by atoms with Crippen LogP contribution in [0.5, 0.6) is 5.75 Å². The van der Waals surface area contributed by atoms with Crippen LogP contribution in [-0.2, 0) is 9.59 Å². The zero-order chi connectivity index (χ0) is 21.0. The molecule has 2 aromatic rings. The molecule has 1 heterocycles. The molecule has 2 amide bonds. The second kappa shape index (κ2) is 7.10. The number of Topliss-reactive ketones (excluding diaryl/α,β-unsaturated/α-hetero) is 1. The zero-order valence-electron chi connectivity index (χ0n) is 16.4. The van der Waals surface area contributed by atoms with Gasteiger partial charge in [0.15, 0.2) is 12.4 Å². The molecule has 1 aliphatic heterocycles. The molecule has 5 rings (SSSR count). The molecule has 3 aliphatic rings. The number of allylic oxidation sites excluding steroid dienone is 2. The van der Waals surface area contributed by atoms with E-state index in [0.29, 0.717) is 22.0 Å². The number of fused-ring (bicyclic) bond motifs is 5. The summed E-state index contributed by atoms with van der Waals surface area (Å²) in [5, 5.41) is 0.559. The van der Waals surface area contributed by atoms with Gasteiger partial charge in [-0.05, 0) is 61.6 Å². The topological polar surface area (TPSA) is 63.7 Å². The molecular formula is C24H20ClNO4. The van der Waals surface area contributed by atoms with Gasteiger partial charge in [0.05, 0.1) is 17.5 Å². The Labute approximate surface area is 179 Å². The second-order valence-electron chi connectivity index (χ2n) is 8.20. The molecule has 152 valence electrons. The molecule has 2 bridgehead atoms. The maximum Gasteiger partial charge on any atom is 0.238 e. The number of carbonyl (C=O) groups excluding carboxylic acids is 3. The minimum Gasteiger partial charge on any atom is -0.485 e. The first-order chi connectivity index (χ1) is 14.4. The quantitative estimate of drug-likeness (QED) is 0.410. The Morgan fingerprint density at radius 3 is 2.60 bits per heavy atom. The Balaban J connectivity index is 1.32. The highest BCUT2D eigenvalue weighted by Crippen LogP contribution is 2.55. The number of halogens is 1. The molecule has 1 saturated carbocycles. The number of imide groups is 1. The van der Waals surface area contributed by atoms with E-state index in [1.807, 2.05) is 6.92 Å². The van der Waals surface area contributed by atoms with Crippen LogP contribution in [0.1, 0.15) is 23.7 Å². The van der Waals surface area contributed by atoms with Crippen LogP contribution < -0.4 is 9.64 Å². The Hall–Kier alpha value is -2.92. The summed E-state index contributed by atoms with van der Waals surface area (Å²) in [5.41, 5.74) is 2.22. The van der Waals surface area contributed by atoms with E-state index in [9.17, 15) is 14.4 Å². The van der Waals surface area contributed by atoms with Crippen molar-refractivity contribution in [1.82, 2.24) is 0 Å². The van der Waals surface area contributed by atoms with Crippen molar-refractivity contribution in [1.29, 1.82) is 0 Å². The van der Waals surface area contributed by atoms with Crippen molar-refractivity contribution >= 4 is 34.9 Å². The molecule has 0 spiro atoms. The molecular weight excluding hydrogens is 402 g/mol. The number of nitrogens with zero attached hydrogens (tertiary/aromatic N) is 1. The van der Waals surface area contributed by atoms with Crippen molar-refractivity contribution in [3.05, 3.63) is 70.8 Å². The molecule has 0 radical (unpaired) electrons. The van der Waals surface area contributed by atoms with Crippen LogP contribution >= 0.6 is 11.6 Å². The fourth-order valence-electron chi connectivity index (χ4n) is 5.11. The smallest absolute Gasteiger partial charge is 0.238 e. The molecule has 30 heavy (non-hydrogen) atoms. The minimum absolute atomic E-state index is 0.126. The Kier molecular flexibility index (Phi) is 4.51. The first kappa shape index (κ1) is 19.1. The van der Waals surface area contributed by atoms with Crippen LogP contribution in [0.2, 0.25) is 5.02 Å². The maximum atomic E-state index is 13.1. The summed E-state index contributed by atoms with van der Waals surface area (Å²) in [5.74, 6) is -0.153. The summed E-state index contributed by atoms with van der Waals surface area (Å²) >= 11 is 5.85. The average Bonchev–Trinajstić information content (AvgIpc) is 3.37. The zero-order valence-corrected chi connectivity index (χ0v) is 17.1. The SMILES string of the molecule is CC1=C[C@@H]2C[C@H]1[C@H]1C(=O)N(c3cccc(OCC(=O)c4ccc(Cl)cc4)c3)C(=O)[C@@H]12. The van der Waals surface area contributed by atoms with E-state index in [2.05, 4.69) is 6.08 Å². The fraction of sp³-hybridized carbons (Fsp3) is 0.292. The van der Waals surface area contributed by atoms with Gasteiger partial charge in [-0.3, -0.25) is 14.4 Å². The highest BCUT2D eigenvalue weighted by molar-refractivity contribution is 6.30. The van der Waals surface area contributed by atoms with Crippen molar-refractivity contribution in [3.63, 3.8) is 0 Å². The highest BCUT2D eigenvalue weighted by atomic mass is 35.5. The standard InChI is InChI=1S/C24H20ClNO4/c1-13-9-15-10-19(13)22-21(15)23(28)26(24(22)29)17-3-2-4-18(11-17)30-12-20(27)14-5-7-16(25)8-6-14/h2-9,11,15,19,21-22H,10,12H2,1H3/t15-,19-,21-,22-/m1/s1. The molecule has 5 nitrogen and oxygen atoms in total. The third-order valence-electron chi connectivity index (χ3n) is 6.49. The highest BCUT2D eigenvalue weighted by Gasteiger charge is 2.60. The van der Waals surface area contributed by atoms with Crippen molar-refractivity contribution in [2.45, 2.75) is 13.3 Å². The van der Waals surface area contributed by atoms with Crippen LogP contribution in [0, 0.1) is 23.7 Å². The first-order valence-electron chi connectivity index (χ1n) is 10.0. The Bertz CT molecular complexity index is 1090. The predicted molar refractivity (Wildman–Crippen MR) is 113 cm³/mol. The molecule has 0 unspecified atom stereocenters. The summed E-state index contributed by atoms with van der Waals surface area (Å²) in [4.78, 5) is 39.8. The second-order valence-corrected chi connectivity index (χ2v) is 8.63. The number of amides is 2. The van der Waals surface area contributed by atoms with Gasteiger partial charge in [-0.15, -0.1) is 0 Å². The van der Waals surface area contributed by atoms with Crippen LogP contribution in [0.3, 0.4) is 0 Å². The fourth-order valence-corrected chi connectivity index (χ4v) is 5.24. The van der Waals surface area contributed by atoms with Gasteiger partial charge in [-0.25, -0.2) is 4.90 Å². The van der Waals surface area contributed by atoms with Crippen molar-refractivity contribution in [2.24, 2.45) is 23.7 Å². The van der Waals surface area contributed by atoms with Gasteiger partial charge in [0.25, 0.3) is 0 Å². The van der Waals surface area contributed by atoms with Gasteiger partial charge in [0, 0.05) is 16.7 Å². The van der Waals surface area contributed by atoms with E-state index in [4.69, 9.17) is 16.3 Å². The number of rotatable bonds is 5. The van der Waals surface area contributed by atoms with Crippen LogP contribution in [-0.4, -0.2) is 24.2 Å². The molecule has 6 heteroatoms. The first-order valence-corrected chi connectivity index (χ1v) is 10.4. The lowest BCUT2D eigenvalue weighted by Gasteiger charge is -2.19. The molecule has 0 N–H and O–H groups in total. The third kappa shape index (κ3) is 2.96. The van der Waals surface area contributed by atoms with E-state index in [0.717, 1.165) is 6.42 Å². The van der Waals surface area contributed by atoms with E-state index in [1.54, 1.807) is 48.5 Å². The van der Waals surface area contributed by atoms with Gasteiger partial charge in [-0.1, -0.05) is 29.3 Å². The predicted octanol–water partition coefficient (Wildman–Crippen LogP) is 4.30. The van der Waals surface area contributed by atoms with Crippen LogP contribution in [0.25, 0.3) is 0 Å². The maximum absolute atomic E-state index is 13.1. The number of ether oxygens (including phenoxy) is 1. The number of benzene rings is 2. The van der Waals surface area contributed by atoms with Gasteiger partial charge in [0.2, 0.25) is 11.8 Å². The summed E-state index contributed by atoms with van der Waals surface area (Å²) in [6, 6.07) is 13.4. The lowest BCUT2D eigenvalue weighted by Crippen LogP contribution is -2.32. The Morgan fingerprint density at radius 1 is 1.10 bits per heavy atom. The van der Waals surface area contributed by atoms with Gasteiger partial charge in [0.1, 0.15) is 5.75 Å². The largest absolute Gasteiger partial charge is 0.485 e. The molecule has 0 aromatic heterocycles. The minimum atomic E-state index is -0.248. The lowest BCUT2D eigenvalue weighted by molar-refractivity contribution is -0.123. The number of hydrogen-bond donors (Lipinski definition) is 0.